The largest absolute Gasteiger partial charge is 0.316 e. The molecule has 0 fully saturated rings. The Bertz CT molecular complexity index is 867. The number of H-pyrrole nitrogens is 2. The van der Waals surface area contributed by atoms with Crippen molar-refractivity contribution in [1.82, 2.24) is 19.7 Å². The summed E-state index contributed by atoms with van der Waals surface area (Å²) in [5.41, 5.74) is 3.23. The Morgan fingerprint density at radius 1 is 1.26 bits per heavy atom. The highest BCUT2D eigenvalue weighted by Gasteiger charge is 2.12. The molecule has 0 unspecified atom stereocenters. The van der Waals surface area contributed by atoms with Gasteiger partial charge in [-0.1, -0.05) is 18.2 Å². The van der Waals surface area contributed by atoms with Gasteiger partial charge in [0.05, 0.1) is 11.9 Å². The topological polar surface area (TPSA) is 66.5 Å². The molecule has 0 bridgehead atoms. The van der Waals surface area contributed by atoms with Crippen molar-refractivity contribution in [2.45, 2.75) is 13.8 Å². The van der Waals surface area contributed by atoms with Crippen LogP contribution in [0.25, 0.3) is 16.7 Å². The van der Waals surface area contributed by atoms with E-state index in [1.54, 1.807) is 0 Å². The molecular weight excluding hydrogens is 260 g/mol. The molecule has 0 aliphatic heterocycles. The van der Waals surface area contributed by atoms with Gasteiger partial charge < -0.3 is 4.98 Å². The average Bonchev–Trinajstić information content (AvgIpc) is 2.81. The molecule has 0 aliphatic carbocycles. The van der Waals surface area contributed by atoms with Crippen molar-refractivity contribution in [3.8, 4) is 5.69 Å². The van der Waals surface area contributed by atoms with E-state index < -0.39 is 0 Å². The summed E-state index contributed by atoms with van der Waals surface area (Å²) in [7, 11) is 0. The maximum absolute atomic E-state index is 12.5. The summed E-state index contributed by atoms with van der Waals surface area (Å²) in [6, 6.07) is 5.88. The molecule has 6 heteroatoms. The minimum absolute atomic E-state index is 0.162. The highest BCUT2D eigenvalue weighted by Crippen LogP contribution is 2.18. The van der Waals surface area contributed by atoms with E-state index in [0.29, 0.717) is 15.8 Å². The number of aromatic amines is 2. The number of rotatable bonds is 1. The van der Waals surface area contributed by atoms with Gasteiger partial charge in [0, 0.05) is 0 Å². The van der Waals surface area contributed by atoms with Gasteiger partial charge in [0.15, 0.2) is 4.77 Å². The summed E-state index contributed by atoms with van der Waals surface area (Å²) >= 11 is 5.29. The predicted octanol–water partition coefficient (Wildman–Crippen LogP) is 2.39. The second-order valence-corrected chi connectivity index (χ2v) is 4.86. The fourth-order valence-electron chi connectivity index (χ4n) is 2.28. The number of nitrogens with one attached hydrogen (secondary N) is 2. The first kappa shape index (κ1) is 11.9. The average molecular weight is 272 g/mol. The lowest BCUT2D eigenvalue weighted by molar-refractivity contribution is 0.917. The maximum atomic E-state index is 12.5. The van der Waals surface area contributed by atoms with Crippen LogP contribution in [0.1, 0.15) is 11.1 Å². The summed E-state index contributed by atoms with van der Waals surface area (Å²) in [4.78, 5) is 15.5. The molecule has 0 saturated heterocycles. The predicted molar refractivity (Wildman–Crippen MR) is 76.3 cm³/mol. The van der Waals surface area contributed by atoms with E-state index in [1.807, 2.05) is 32.0 Å². The summed E-state index contributed by atoms with van der Waals surface area (Å²) in [5.74, 6) is 0. The second kappa shape index (κ2) is 4.17. The standard InChI is InChI=1S/C13H12N4OS/c1-7-4-3-5-8(2)10(7)17-12(18)9-6-14-16-11(9)15-13(17)19/h3-6H,1-2H3,(H2,14,15,16,19). The van der Waals surface area contributed by atoms with Gasteiger partial charge in [-0.25, -0.2) is 0 Å². The van der Waals surface area contributed by atoms with Crippen LogP contribution in [0, 0.1) is 18.6 Å². The summed E-state index contributed by atoms with van der Waals surface area (Å²) in [6.45, 7) is 3.92. The summed E-state index contributed by atoms with van der Waals surface area (Å²) in [5, 5.41) is 7.09. The Morgan fingerprint density at radius 3 is 2.63 bits per heavy atom. The number of para-hydroxylation sites is 1. The van der Waals surface area contributed by atoms with Gasteiger partial charge in [-0.2, -0.15) is 5.10 Å². The molecule has 0 spiro atoms. The van der Waals surface area contributed by atoms with Gasteiger partial charge in [-0.3, -0.25) is 14.5 Å². The molecular formula is C13H12N4OS. The lowest BCUT2D eigenvalue weighted by Crippen LogP contribution is -2.21. The molecule has 0 radical (unpaired) electrons. The molecule has 3 rings (SSSR count). The van der Waals surface area contributed by atoms with Gasteiger partial charge in [0.2, 0.25) is 0 Å². The SMILES string of the molecule is Cc1cccc(C)c1-n1c(=S)[nH]c2[nH]ncc2c1=O. The van der Waals surface area contributed by atoms with Crippen molar-refractivity contribution >= 4 is 23.3 Å². The highest BCUT2D eigenvalue weighted by atomic mass is 32.1. The summed E-state index contributed by atoms with van der Waals surface area (Å²) in [6.07, 6.45) is 1.51. The Kier molecular flexibility index (Phi) is 2.60. The summed E-state index contributed by atoms with van der Waals surface area (Å²) < 4.78 is 1.89. The number of nitrogens with zero attached hydrogens (tertiary/aromatic N) is 2. The van der Waals surface area contributed by atoms with Crippen LogP contribution in [-0.2, 0) is 0 Å². The van der Waals surface area contributed by atoms with Crippen LogP contribution in [0.5, 0.6) is 0 Å². The third-order valence-electron chi connectivity index (χ3n) is 3.17. The van der Waals surface area contributed by atoms with E-state index in [1.165, 1.54) is 10.8 Å². The van der Waals surface area contributed by atoms with Crippen LogP contribution in [-0.4, -0.2) is 19.7 Å². The quantitative estimate of drug-likeness (QED) is 0.668. The van der Waals surface area contributed by atoms with Crippen molar-refractivity contribution in [3.05, 3.63) is 50.6 Å². The first-order valence-corrected chi connectivity index (χ1v) is 6.25. The number of aromatic nitrogens is 4. The minimum Gasteiger partial charge on any atom is -0.316 e. The first-order valence-electron chi connectivity index (χ1n) is 5.84. The molecule has 0 saturated carbocycles. The molecule has 0 aliphatic rings. The fourth-order valence-corrected chi connectivity index (χ4v) is 2.56. The molecule has 96 valence electrons. The van der Waals surface area contributed by atoms with E-state index >= 15 is 0 Å². The highest BCUT2D eigenvalue weighted by molar-refractivity contribution is 7.71. The third-order valence-corrected chi connectivity index (χ3v) is 3.46. The van der Waals surface area contributed by atoms with E-state index in [0.717, 1.165) is 16.8 Å². The molecule has 0 amide bonds. The second-order valence-electron chi connectivity index (χ2n) is 4.47. The van der Waals surface area contributed by atoms with E-state index in [2.05, 4.69) is 15.2 Å². The Hall–Kier alpha value is -2.21. The van der Waals surface area contributed by atoms with Crippen LogP contribution >= 0.6 is 12.2 Å². The van der Waals surface area contributed by atoms with Crippen molar-refractivity contribution in [1.29, 1.82) is 0 Å². The van der Waals surface area contributed by atoms with Crippen molar-refractivity contribution in [2.75, 3.05) is 0 Å². The molecule has 19 heavy (non-hydrogen) atoms. The smallest absolute Gasteiger partial charge is 0.270 e. The number of hydrogen-bond acceptors (Lipinski definition) is 3. The van der Waals surface area contributed by atoms with Crippen LogP contribution in [0.3, 0.4) is 0 Å². The van der Waals surface area contributed by atoms with Gasteiger partial charge >= 0.3 is 0 Å². The lowest BCUT2D eigenvalue weighted by atomic mass is 10.1. The molecule has 5 nitrogen and oxygen atoms in total. The number of aryl methyl sites for hydroxylation is 2. The lowest BCUT2D eigenvalue weighted by Gasteiger charge is -2.12. The zero-order chi connectivity index (χ0) is 13.6. The zero-order valence-electron chi connectivity index (χ0n) is 10.5. The monoisotopic (exact) mass is 272 g/mol. The maximum Gasteiger partial charge on any atom is 0.270 e. The molecule has 2 aromatic heterocycles. The van der Waals surface area contributed by atoms with E-state index in [4.69, 9.17) is 12.2 Å². The van der Waals surface area contributed by atoms with Crippen molar-refractivity contribution in [3.63, 3.8) is 0 Å². The van der Waals surface area contributed by atoms with Crippen LogP contribution in [0.15, 0.2) is 29.2 Å². The van der Waals surface area contributed by atoms with Gasteiger partial charge in [-0.05, 0) is 37.2 Å². The van der Waals surface area contributed by atoms with Crippen molar-refractivity contribution < 1.29 is 0 Å². The molecule has 0 atom stereocenters. The number of benzene rings is 1. The van der Waals surface area contributed by atoms with Gasteiger partial charge in [-0.15, -0.1) is 0 Å². The fraction of sp³-hybridized carbons (Fsp3) is 0.154. The molecule has 3 aromatic rings. The molecule has 1 aromatic carbocycles. The zero-order valence-corrected chi connectivity index (χ0v) is 11.3. The van der Waals surface area contributed by atoms with E-state index in [-0.39, 0.29) is 5.56 Å². The Labute approximate surface area is 113 Å². The molecule has 2 heterocycles. The third kappa shape index (κ3) is 1.72. The van der Waals surface area contributed by atoms with Crippen LogP contribution < -0.4 is 5.56 Å². The van der Waals surface area contributed by atoms with Gasteiger partial charge in [0.1, 0.15) is 11.0 Å². The Morgan fingerprint density at radius 2 is 1.95 bits per heavy atom. The molecule has 2 N–H and O–H groups in total. The number of fused-ring (bicyclic) bond motifs is 1. The Balaban J connectivity index is 2.50. The normalized spacial score (nSPS) is 11.1. The minimum atomic E-state index is -0.162. The number of hydrogen-bond donors (Lipinski definition) is 2. The van der Waals surface area contributed by atoms with Gasteiger partial charge in [0.25, 0.3) is 5.56 Å². The first-order chi connectivity index (χ1) is 9.09. The van der Waals surface area contributed by atoms with E-state index in [9.17, 15) is 4.79 Å². The van der Waals surface area contributed by atoms with Crippen molar-refractivity contribution in [2.24, 2.45) is 0 Å². The van der Waals surface area contributed by atoms with Crippen LogP contribution in [0.2, 0.25) is 0 Å². The van der Waals surface area contributed by atoms with Crippen LogP contribution in [0.4, 0.5) is 0 Å².